The van der Waals surface area contributed by atoms with Crippen molar-refractivity contribution in [3.05, 3.63) is 59.9 Å². The molecular weight excluding hydrogens is 359 g/mol. The molecule has 1 aliphatic heterocycles. The Hall–Kier alpha value is -2.89. The van der Waals surface area contributed by atoms with Gasteiger partial charge < -0.3 is 14.5 Å². The molecule has 2 aliphatic rings. The minimum Gasteiger partial charge on any atom is -0.484 e. The number of carbonyl (C=O) groups excluding carboxylic acids is 2. The van der Waals surface area contributed by atoms with Crippen LogP contribution >= 0.6 is 0 Å². The van der Waals surface area contributed by atoms with Crippen molar-refractivity contribution in [2.45, 2.75) is 38.3 Å². The molecule has 28 heavy (non-hydrogen) atoms. The molecule has 1 saturated heterocycles. The summed E-state index contributed by atoms with van der Waals surface area (Å²) in [5, 5.41) is 0. The maximum Gasteiger partial charge on any atom is 0.261 e. The third kappa shape index (κ3) is 4.16. The van der Waals surface area contributed by atoms with Crippen LogP contribution in [-0.4, -0.2) is 35.9 Å². The molecule has 0 N–H and O–H groups in total. The molecule has 2 aromatic carbocycles. The van der Waals surface area contributed by atoms with Crippen LogP contribution in [-0.2, 0) is 16.1 Å². The summed E-state index contributed by atoms with van der Waals surface area (Å²) in [4.78, 5) is 27.9. The predicted molar refractivity (Wildman–Crippen MR) is 103 cm³/mol. The fourth-order valence-electron chi connectivity index (χ4n) is 3.49. The Labute approximate surface area is 163 Å². The van der Waals surface area contributed by atoms with Gasteiger partial charge in [-0.1, -0.05) is 18.2 Å². The summed E-state index contributed by atoms with van der Waals surface area (Å²) in [7, 11) is 0. The molecule has 0 bridgehead atoms. The van der Waals surface area contributed by atoms with E-state index >= 15 is 0 Å². The lowest BCUT2D eigenvalue weighted by Crippen LogP contribution is -2.36. The number of anilines is 1. The van der Waals surface area contributed by atoms with E-state index in [4.69, 9.17) is 4.74 Å². The first-order chi connectivity index (χ1) is 13.6. The molecule has 0 radical (unpaired) electrons. The lowest BCUT2D eigenvalue weighted by molar-refractivity contribution is -0.134. The summed E-state index contributed by atoms with van der Waals surface area (Å²) >= 11 is 0. The van der Waals surface area contributed by atoms with E-state index in [-0.39, 0.29) is 36.8 Å². The minimum absolute atomic E-state index is 0.0903. The monoisotopic (exact) mass is 382 g/mol. The highest BCUT2D eigenvalue weighted by atomic mass is 19.1. The second kappa shape index (κ2) is 8.00. The van der Waals surface area contributed by atoms with Crippen LogP contribution in [0.5, 0.6) is 5.75 Å². The molecule has 1 heterocycles. The zero-order valence-corrected chi connectivity index (χ0v) is 15.6. The number of hydrogen-bond donors (Lipinski definition) is 0. The van der Waals surface area contributed by atoms with Crippen molar-refractivity contribution in [2.24, 2.45) is 0 Å². The molecule has 146 valence electrons. The first kappa shape index (κ1) is 18.5. The molecule has 5 nitrogen and oxygen atoms in total. The highest BCUT2D eigenvalue weighted by Crippen LogP contribution is 2.29. The van der Waals surface area contributed by atoms with Crippen LogP contribution in [0.15, 0.2) is 48.5 Å². The fourth-order valence-corrected chi connectivity index (χ4v) is 3.49. The van der Waals surface area contributed by atoms with Gasteiger partial charge in [0.2, 0.25) is 5.91 Å². The summed E-state index contributed by atoms with van der Waals surface area (Å²) in [6.45, 7) is 0.909. The van der Waals surface area contributed by atoms with Crippen molar-refractivity contribution in [1.29, 1.82) is 0 Å². The minimum atomic E-state index is -0.297. The largest absolute Gasteiger partial charge is 0.484 e. The van der Waals surface area contributed by atoms with Crippen LogP contribution in [0, 0.1) is 5.82 Å². The third-order valence-electron chi connectivity index (χ3n) is 5.19. The molecule has 4 rings (SSSR count). The molecule has 6 heteroatoms. The second-order valence-electron chi connectivity index (χ2n) is 7.28. The third-order valence-corrected chi connectivity index (χ3v) is 5.19. The molecule has 2 amide bonds. The molecular formula is C22H23FN2O3. The summed E-state index contributed by atoms with van der Waals surface area (Å²) < 4.78 is 19.6. The van der Waals surface area contributed by atoms with Gasteiger partial charge in [0.25, 0.3) is 5.91 Å². The van der Waals surface area contributed by atoms with Crippen LogP contribution in [0.2, 0.25) is 0 Å². The van der Waals surface area contributed by atoms with Crippen molar-refractivity contribution < 1.29 is 18.7 Å². The summed E-state index contributed by atoms with van der Waals surface area (Å²) in [6, 6.07) is 13.9. The molecule has 1 aliphatic carbocycles. The zero-order valence-electron chi connectivity index (χ0n) is 15.6. The highest BCUT2D eigenvalue weighted by Gasteiger charge is 2.33. The number of nitrogens with zero attached hydrogens (tertiary/aromatic N) is 2. The average molecular weight is 382 g/mol. The first-order valence-electron chi connectivity index (χ1n) is 9.68. The Kier molecular flexibility index (Phi) is 5.28. The van der Waals surface area contributed by atoms with Gasteiger partial charge in [-0.2, -0.15) is 0 Å². The quantitative estimate of drug-likeness (QED) is 0.736. The van der Waals surface area contributed by atoms with E-state index in [0.29, 0.717) is 17.7 Å². The number of carbonyl (C=O) groups is 2. The van der Waals surface area contributed by atoms with Crippen LogP contribution in [0.1, 0.15) is 31.2 Å². The lowest BCUT2D eigenvalue weighted by Gasteiger charge is -2.23. The van der Waals surface area contributed by atoms with Gasteiger partial charge in [0.05, 0.1) is 0 Å². The number of benzene rings is 2. The predicted octanol–water partition coefficient (Wildman–Crippen LogP) is 3.52. The van der Waals surface area contributed by atoms with E-state index in [2.05, 4.69) is 0 Å². The lowest BCUT2D eigenvalue weighted by atomic mass is 10.2. The van der Waals surface area contributed by atoms with E-state index in [1.165, 1.54) is 6.07 Å². The van der Waals surface area contributed by atoms with E-state index in [1.807, 2.05) is 12.1 Å². The Morgan fingerprint density at radius 3 is 2.54 bits per heavy atom. The van der Waals surface area contributed by atoms with Crippen LogP contribution in [0.4, 0.5) is 10.1 Å². The van der Waals surface area contributed by atoms with Gasteiger partial charge in [0.1, 0.15) is 11.6 Å². The molecule has 0 aromatic heterocycles. The van der Waals surface area contributed by atoms with Crippen LogP contribution < -0.4 is 9.64 Å². The number of rotatable bonds is 7. The van der Waals surface area contributed by atoms with Gasteiger partial charge in [-0.15, -0.1) is 0 Å². The zero-order chi connectivity index (χ0) is 19.5. The SMILES string of the molecule is O=C1CCCN1c1ccc(OCC(=O)N(Cc2ccccc2F)C2CC2)cc1. The maximum absolute atomic E-state index is 13.9. The van der Waals surface area contributed by atoms with E-state index in [1.54, 1.807) is 40.1 Å². The van der Waals surface area contributed by atoms with Crippen molar-refractivity contribution in [2.75, 3.05) is 18.1 Å². The molecule has 0 unspecified atom stereocenters. The molecule has 0 atom stereocenters. The van der Waals surface area contributed by atoms with Gasteiger partial charge in [0.15, 0.2) is 6.61 Å². The van der Waals surface area contributed by atoms with Gasteiger partial charge in [-0.25, -0.2) is 4.39 Å². The summed E-state index contributed by atoms with van der Waals surface area (Å²) in [6.07, 6.45) is 3.36. The molecule has 2 fully saturated rings. The molecule has 2 aromatic rings. The fraction of sp³-hybridized carbons (Fsp3) is 0.364. The smallest absolute Gasteiger partial charge is 0.261 e. The number of halogens is 1. The second-order valence-corrected chi connectivity index (χ2v) is 7.28. The average Bonchev–Trinajstić information content (AvgIpc) is 3.46. The number of amides is 2. The van der Waals surface area contributed by atoms with Gasteiger partial charge in [0, 0.05) is 36.8 Å². The Morgan fingerprint density at radius 2 is 1.89 bits per heavy atom. The van der Waals surface area contributed by atoms with Crippen LogP contribution in [0.3, 0.4) is 0 Å². The van der Waals surface area contributed by atoms with Gasteiger partial charge in [-0.05, 0) is 49.6 Å². The van der Waals surface area contributed by atoms with Crippen molar-refractivity contribution in [3.63, 3.8) is 0 Å². The summed E-state index contributed by atoms with van der Waals surface area (Å²) in [5.41, 5.74) is 1.36. The number of ether oxygens (including phenoxy) is 1. The standard InChI is InChI=1S/C22H23FN2O3/c23-20-5-2-1-4-16(20)14-25(18-7-8-18)22(27)15-28-19-11-9-17(10-12-19)24-13-3-6-21(24)26/h1-2,4-5,9-12,18H,3,6-8,13-15H2. The van der Waals surface area contributed by atoms with Crippen LogP contribution in [0.25, 0.3) is 0 Å². The summed E-state index contributed by atoms with van der Waals surface area (Å²) in [5.74, 6) is 0.265. The van der Waals surface area contributed by atoms with E-state index < -0.39 is 0 Å². The topological polar surface area (TPSA) is 49.9 Å². The number of hydrogen-bond acceptors (Lipinski definition) is 3. The normalized spacial score (nSPS) is 16.3. The van der Waals surface area contributed by atoms with Gasteiger partial charge >= 0.3 is 0 Å². The van der Waals surface area contributed by atoms with Crippen molar-refractivity contribution in [3.8, 4) is 5.75 Å². The van der Waals surface area contributed by atoms with E-state index in [0.717, 1.165) is 31.5 Å². The van der Waals surface area contributed by atoms with Crippen molar-refractivity contribution >= 4 is 17.5 Å². The Balaban J connectivity index is 1.36. The molecule has 1 saturated carbocycles. The van der Waals surface area contributed by atoms with E-state index in [9.17, 15) is 14.0 Å². The Morgan fingerprint density at radius 1 is 1.14 bits per heavy atom. The first-order valence-corrected chi connectivity index (χ1v) is 9.68. The highest BCUT2D eigenvalue weighted by molar-refractivity contribution is 5.95. The van der Waals surface area contributed by atoms with Gasteiger partial charge in [-0.3, -0.25) is 9.59 Å². The van der Waals surface area contributed by atoms with Crippen molar-refractivity contribution in [1.82, 2.24) is 4.90 Å². The Bertz CT molecular complexity index is 864. The maximum atomic E-state index is 13.9. The molecule has 0 spiro atoms.